The summed E-state index contributed by atoms with van der Waals surface area (Å²) in [5.41, 5.74) is 0.0272. The summed E-state index contributed by atoms with van der Waals surface area (Å²) in [6, 6.07) is 0. The van der Waals surface area contributed by atoms with Gasteiger partial charge in [-0.25, -0.2) is 0 Å². The van der Waals surface area contributed by atoms with Gasteiger partial charge >= 0.3 is 0 Å². The maximum Gasteiger partial charge on any atom is 0.272 e. The molecule has 3 aliphatic rings. The van der Waals surface area contributed by atoms with E-state index < -0.39 is 0 Å². The molecule has 74 valence electrons. The molecule has 3 heteroatoms. The van der Waals surface area contributed by atoms with Crippen molar-refractivity contribution in [3.05, 3.63) is 0 Å². The number of rotatable bonds is 0. The number of hydrogen-bond donors (Lipinski definition) is 0. The van der Waals surface area contributed by atoms with E-state index in [4.69, 9.17) is 14.2 Å². The first kappa shape index (κ1) is 8.21. The van der Waals surface area contributed by atoms with Crippen LogP contribution in [0.3, 0.4) is 0 Å². The summed E-state index contributed by atoms with van der Waals surface area (Å²) < 4.78 is 17.0. The average Bonchev–Trinajstić information content (AvgIpc) is 2.37. The molecule has 1 aliphatic carbocycles. The maximum absolute atomic E-state index is 5.87. The van der Waals surface area contributed by atoms with Gasteiger partial charge in [0.2, 0.25) is 0 Å². The molecule has 2 bridgehead atoms. The van der Waals surface area contributed by atoms with Crippen LogP contribution in [0.15, 0.2) is 0 Å². The van der Waals surface area contributed by atoms with Gasteiger partial charge < -0.3 is 14.2 Å². The molecule has 0 amide bonds. The Morgan fingerprint density at radius 2 is 2.00 bits per heavy atom. The van der Waals surface area contributed by atoms with Crippen molar-refractivity contribution in [1.29, 1.82) is 0 Å². The second-order valence-electron chi connectivity index (χ2n) is 4.32. The van der Waals surface area contributed by atoms with Gasteiger partial charge in [0.15, 0.2) is 0 Å². The Hall–Kier alpha value is -0.120. The Morgan fingerprint density at radius 1 is 1.08 bits per heavy atom. The lowest BCUT2D eigenvalue weighted by Gasteiger charge is -2.35. The summed E-state index contributed by atoms with van der Waals surface area (Å²) in [6.07, 6.45) is 7.43. The van der Waals surface area contributed by atoms with E-state index in [0.717, 1.165) is 32.3 Å². The fourth-order valence-corrected chi connectivity index (χ4v) is 2.83. The van der Waals surface area contributed by atoms with Gasteiger partial charge in [0.25, 0.3) is 6.48 Å². The lowest BCUT2D eigenvalue weighted by Crippen LogP contribution is -2.42. The lowest BCUT2D eigenvalue weighted by atomic mass is 9.79. The van der Waals surface area contributed by atoms with Crippen molar-refractivity contribution in [3.8, 4) is 0 Å². The smallest absolute Gasteiger partial charge is 0.272 e. The van der Waals surface area contributed by atoms with E-state index in [9.17, 15) is 0 Å². The Balaban J connectivity index is 1.86. The van der Waals surface area contributed by atoms with E-state index in [-0.39, 0.29) is 12.1 Å². The van der Waals surface area contributed by atoms with Gasteiger partial charge in [0.1, 0.15) is 5.60 Å². The molecule has 0 N–H and O–H groups in total. The first-order chi connectivity index (χ1) is 6.39. The van der Waals surface area contributed by atoms with Crippen molar-refractivity contribution in [1.82, 2.24) is 0 Å². The van der Waals surface area contributed by atoms with Crippen molar-refractivity contribution in [3.63, 3.8) is 0 Å². The van der Waals surface area contributed by atoms with Gasteiger partial charge in [-0.2, -0.15) is 0 Å². The fraction of sp³-hybridized carbons (Fsp3) is 1.00. The SMILES string of the molecule is C1CCC23CCCOC(OC2C1)O3. The van der Waals surface area contributed by atoms with Crippen molar-refractivity contribution < 1.29 is 14.2 Å². The topological polar surface area (TPSA) is 27.7 Å². The summed E-state index contributed by atoms with van der Waals surface area (Å²) in [7, 11) is 0. The molecule has 0 aromatic heterocycles. The number of hydrogen-bond acceptors (Lipinski definition) is 3. The van der Waals surface area contributed by atoms with Crippen LogP contribution in [-0.2, 0) is 14.2 Å². The zero-order valence-corrected chi connectivity index (χ0v) is 7.83. The van der Waals surface area contributed by atoms with Crippen LogP contribution in [0, 0.1) is 0 Å². The average molecular weight is 184 g/mol. The highest BCUT2D eigenvalue weighted by Gasteiger charge is 2.51. The fourth-order valence-electron chi connectivity index (χ4n) is 2.83. The molecule has 0 aromatic rings. The van der Waals surface area contributed by atoms with Crippen LogP contribution in [0.4, 0.5) is 0 Å². The van der Waals surface area contributed by atoms with Gasteiger partial charge in [-0.3, -0.25) is 0 Å². The second-order valence-corrected chi connectivity index (χ2v) is 4.32. The Kier molecular flexibility index (Phi) is 1.86. The van der Waals surface area contributed by atoms with Crippen molar-refractivity contribution in [2.24, 2.45) is 0 Å². The van der Waals surface area contributed by atoms with Crippen molar-refractivity contribution in [2.75, 3.05) is 6.61 Å². The summed E-state index contributed by atoms with van der Waals surface area (Å²) in [4.78, 5) is 0. The molecular weight excluding hydrogens is 168 g/mol. The minimum Gasteiger partial charge on any atom is -0.330 e. The molecule has 3 nitrogen and oxygen atoms in total. The molecule has 2 aliphatic heterocycles. The molecule has 1 spiro atoms. The Bertz CT molecular complexity index is 206. The van der Waals surface area contributed by atoms with Crippen LogP contribution in [0.25, 0.3) is 0 Å². The lowest BCUT2D eigenvalue weighted by molar-refractivity contribution is -0.242. The number of fused-ring (bicyclic) bond motifs is 1. The zero-order chi connectivity index (χ0) is 8.73. The van der Waals surface area contributed by atoms with Crippen LogP contribution in [0.5, 0.6) is 0 Å². The standard InChI is InChI=1S/C10H16O3/c1-2-5-10-6-3-7-11-9(13-10)12-8(10)4-1/h8-9H,1-7H2. The third kappa shape index (κ3) is 1.22. The molecule has 1 saturated carbocycles. The monoisotopic (exact) mass is 184 g/mol. The Morgan fingerprint density at radius 3 is 3.00 bits per heavy atom. The van der Waals surface area contributed by atoms with Gasteiger partial charge in [-0.1, -0.05) is 12.8 Å². The van der Waals surface area contributed by atoms with Gasteiger partial charge in [0.05, 0.1) is 12.7 Å². The molecule has 0 aromatic carbocycles. The van der Waals surface area contributed by atoms with E-state index in [2.05, 4.69) is 0 Å². The van der Waals surface area contributed by atoms with Crippen LogP contribution in [-0.4, -0.2) is 24.8 Å². The van der Waals surface area contributed by atoms with Gasteiger partial charge in [-0.05, 0) is 25.7 Å². The van der Waals surface area contributed by atoms with Crippen LogP contribution >= 0.6 is 0 Å². The van der Waals surface area contributed by atoms with E-state index in [1.54, 1.807) is 0 Å². The molecular formula is C10H16O3. The molecule has 3 fully saturated rings. The largest absolute Gasteiger partial charge is 0.330 e. The van der Waals surface area contributed by atoms with Gasteiger partial charge in [0, 0.05) is 0 Å². The van der Waals surface area contributed by atoms with Crippen LogP contribution < -0.4 is 0 Å². The Labute approximate surface area is 78.3 Å². The van der Waals surface area contributed by atoms with Crippen molar-refractivity contribution in [2.45, 2.75) is 56.7 Å². The number of ether oxygens (including phenoxy) is 3. The highest BCUT2D eigenvalue weighted by molar-refractivity contribution is 4.96. The van der Waals surface area contributed by atoms with Gasteiger partial charge in [-0.15, -0.1) is 0 Å². The van der Waals surface area contributed by atoms with Crippen molar-refractivity contribution >= 4 is 0 Å². The first-order valence-corrected chi connectivity index (χ1v) is 5.34. The zero-order valence-electron chi connectivity index (χ0n) is 7.83. The highest BCUT2D eigenvalue weighted by Crippen LogP contribution is 2.45. The van der Waals surface area contributed by atoms with Crippen LogP contribution in [0.2, 0.25) is 0 Å². The normalized spacial score (nSPS) is 49.8. The van der Waals surface area contributed by atoms with E-state index in [0.29, 0.717) is 6.10 Å². The third-order valence-corrected chi connectivity index (χ3v) is 3.51. The molecule has 13 heavy (non-hydrogen) atoms. The molecule has 0 radical (unpaired) electrons. The highest BCUT2D eigenvalue weighted by atomic mass is 16.9. The first-order valence-electron chi connectivity index (χ1n) is 5.34. The molecule has 2 heterocycles. The summed E-state index contributed by atoms with van der Waals surface area (Å²) >= 11 is 0. The summed E-state index contributed by atoms with van der Waals surface area (Å²) in [5, 5.41) is 0. The minimum absolute atomic E-state index is 0.0272. The maximum atomic E-state index is 5.87. The molecule has 2 saturated heterocycles. The van der Waals surface area contributed by atoms with Crippen LogP contribution in [0.1, 0.15) is 38.5 Å². The minimum atomic E-state index is -0.356. The van der Waals surface area contributed by atoms with E-state index in [1.165, 1.54) is 12.8 Å². The third-order valence-electron chi connectivity index (χ3n) is 3.51. The predicted octanol–water partition coefficient (Wildman–Crippen LogP) is 1.81. The molecule has 3 unspecified atom stereocenters. The quantitative estimate of drug-likeness (QED) is 0.574. The molecule has 3 rings (SSSR count). The van der Waals surface area contributed by atoms with E-state index in [1.807, 2.05) is 0 Å². The molecule has 3 atom stereocenters. The summed E-state index contributed by atoms with van der Waals surface area (Å²) in [6.45, 7) is 0.435. The summed E-state index contributed by atoms with van der Waals surface area (Å²) in [5.74, 6) is 0. The second kappa shape index (κ2) is 2.94. The predicted molar refractivity (Wildman–Crippen MR) is 46.1 cm³/mol. The van der Waals surface area contributed by atoms with E-state index >= 15 is 0 Å².